The maximum absolute atomic E-state index is 5.83. The van der Waals surface area contributed by atoms with Crippen LogP contribution in [-0.4, -0.2) is 13.2 Å². The third kappa shape index (κ3) is 7.59. The molecule has 0 saturated heterocycles. The highest BCUT2D eigenvalue weighted by atomic mass is 16.5. The number of hydrogen-bond acceptors (Lipinski definition) is 1. The zero-order chi connectivity index (χ0) is 16.3. The molecule has 136 valence electrons. The van der Waals surface area contributed by atoms with Crippen LogP contribution < -0.4 is 0 Å². The van der Waals surface area contributed by atoms with E-state index >= 15 is 0 Å². The molecule has 2 saturated carbocycles. The molecule has 0 bridgehead atoms. The first-order chi connectivity index (χ1) is 11.3. The Hall–Kier alpha value is -0.0400. The minimum atomic E-state index is 0.868. The Bertz CT molecular complexity index is 272. The van der Waals surface area contributed by atoms with Crippen molar-refractivity contribution in [3.05, 3.63) is 0 Å². The lowest BCUT2D eigenvalue weighted by Gasteiger charge is -2.32. The summed E-state index contributed by atoms with van der Waals surface area (Å²) in [7, 11) is 0. The Morgan fingerprint density at radius 3 is 1.57 bits per heavy atom. The first kappa shape index (κ1) is 19.3. The third-order valence-corrected chi connectivity index (χ3v) is 6.61. The van der Waals surface area contributed by atoms with Crippen LogP contribution in [0.25, 0.3) is 0 Å². The van der Waals surface area contributed by atoms with Crippen molar-refractivity contribution in [1.29, 1.82) is 0 Å². The number of hydrogen-bond donors (Lipinski definition) is 0. The van der Waals surface area contributed by atoms with E-state index in [1.165, 1.54) is 89.9 Å². The van der Waals surface area contributed by atoms with Gasteiger partial charge in [0.2, 0.25) is 0 Å². The van der Waals surface area contributed by atoms with Crippen molar-refractivity contribution in [3.63, 3.8) is 0 Å². The lowest BCUT2D eigenvalue weighted by molar-refractivity contribution is 0.0742. The molecule has 23 heavy (non-hydrogen) atoms. The molecule has 0 aliphatic heterocycles. The fourth-order valence-corrected chi connectivity index (χ4v) is 4.87. The van der Waals surface area contributed by atoms with Crippen LogP contribution in [0.5, 0.6) is 0 Å². The van der Waals surface area contributed by atoms with Gasteiger partial charge in [-0.2, -0.15) is 0 Å². The molecule has 2 fully saturated rings. The normalized spacial score (nSPS) is 32.1. The van der Waals surface area contributed by atoms with Crippen molar-refractivity contribution in [1.82, 2.24) is 0 Å². The molecule has 0 heterocycles. The van der Waals surface area contributed by atoms with Crippen LogP contribution in [0, 0.1) is 23.7 Å². The largest absolute Gasteiger partial charge is 0.381 e. The zero-order valence-corrected chi connectivity index (χ0v) is 16.0. The standard InChI is InChI=1S/C22H42O/c1-3-5-17-23-18-22-15-13-21(14-16-22)12-11-20-9-7-19(6-4-2)8-10-20/h19-22H,3-18H2,1-2H3. The van der Waals surface area contributed by atoms with Crippen molar-refractivity contribution in [2.45, 2.75) is 104 Å². The average Bonchev–Trinajstić information content (AvgIpc) is 2.59. The summed E-state index contributed by atoms with van der Waals surface area (Å²) in [6, 6.07) is 0. The molecule has 0 spiro atoms. The minimum Gasteiger partial charge on any atom is -0.381 e. The lowest BCUT2D eigenvalue weighted by Crippen LogP contribution is -2.20. The van der Waals surface area contributed by atoms with Gasteiger partial charge in [-0.25, -0.2) is 0 Å². The Balaban J connectivity index is 1.50. The molecule has 2 rings (SSSR count). The van der Waals surface area contributed by atoms with E-state index in [1.807, 2.05) is 0 Å². The highest BCUT2D eigenvalue weighted by Gasteiger charge is 2.24. The molecule has 0 amide bonds. The van der Waals surface area contributed by atoms with E-state index in [9.17, 15) is 0 Å². The van der Waals surface area contributed by atoms with Crippen LogP contribution in [0.1, 0.15) is 104 Å². The number of ether oxygens (including phenoxy) is 1. The van der Waals surface area contributed by atoms with Gasteiger partial charge in [-0.3, -0.25) is 0 Å². The number of unbranched alkanes of at least 4 members (excludes halogenated alkanes) is 1. The van der Waals surface area contributed by atoms with Crippen LogP contribution in [0.4, 0.5) is 0 Å². The fraction of sp³-hybridized carbons (Fsp3) is 1.00. The van der Waals surface area contributed by atoms with Gasteiger partial charge in [-0.15, -0.1) is 0 Å². The second kappa shape index (κ2) is 11.5. The highest BCUT2D eigenvalue weighted by Crippen LogP contribution is 2.37. The second-order valence-corrected chi connectivity index (χ2v) is 8.57. The smallest absolute Gasteiger partial charge is 0.0494 e. The van der Waals surface area contributed by atoms with Gasteiger partial charge in [0.1, 0.15) is 0 Å². The average molecular weight is 323 g/mol. The lowest BCUT2D eigenvalue weighted by atomic mass is 9.75. The maximum atomic E-state index is 5.83. The molecule has 1 heteroatoms. The summed E-state index contributed by atoms with van der Waals surface area (Å²) in [5.41, 5.74) is 0. The molecular weight excluding hydrogens is 280 g/mol. The van der Waals surface area contributed by atoms with Crippen molar-refractivity contribution >= 4 is 0 Å². The van der Waals surface area contributed by atoms with E-state index in [2.05, 4.69) is 13.8 Å². The summed E-state index contributed by atoms with van der Waals surface area (Å²) in [6.45, 7) is 6.60. The number of rotatable bonds is 10. The van der Waals surface area contributed by atoms with E-state index in [-0.39, 0.29) is 0 Å². The molecular formula is C22H42O. The molecule has 0 unspecified atom stereocenters. The summed E-state index contributed by atoms with van der Waals surface area (Å²) in [5.74, 6) is 4.04. The van der Waals surface area contributed by atoms with E-state index in [1.54, 1.807) is 0 Å². The van der Waals surface area contributed by atoms with E-state index in [4.69, 9.17) is 4.74 Å². The SMILES string of the molecule is CCCCOCC1CCC(CCC2CCC(CCC)CC2)CC1. The topological polar surface area (TPSA) is 9.23 Å². The van der Waals surface area contributed by atoms with Crippen LogP contribution in [0.2, 0.25) is 0 Å². The van der Waals surface area contributed by atoms with E-state index < -0.39 is 0 Å². The Labute approximate surface area is 146 Å². The fourth-order valence-electron chi connectivity index (χ4n) is 4.87. The van der Waals surface area contributed by atoms with E-state index in [0.29, 0.717) is 0 Å². The molecule has 1 nitrogen and oxygen atoms in total. The van der Waals surface area contributed by atoms with Crippen molar-refractivity contribution < 1.29 is 4.74 Å². The summed E-state index contributed by atoms with van der Waals surface area (Å²) < 4.78 is 5.83. The highest BCUT2D eigenvalue weighted by molar-refractivity contribution is 4.76. The summed E-state index contributed by atoms with van der Waals surface area (Å²) in [5, 5.41) is 0. The molecule has 0 radical (unpaired) electrons. The maximum Gasteiger partial charge on any atom is 0.0494 e. The predicted molar refractivity (Wildman–Crippen MR) is 101 cm³/mol. The Kier molecular flexibility index (Phi) is 9.65. The summed E-state index contributed by atoms with van der Waals surface area (Å²) in [4.78, 5) is 0. The molecule has 0 atom stereocenters. The minimum absolute atomic E-state index is 0.868. The summed E-state index contributed by atoms with van der Waals surface area (Å²) >= 11 is 0. The first-order valence-corrected chi connectivity index (χ1v) is 10.9. The van der Waals surface area contributed by atoms with Crippen LogP contribution in [0.15, 0.2) is 0 Å². The van der Waals surface area contributed by atoms with Gasteiger partial charge < -0.3 is 4.74 Å². The van der Waals surface area contributed by atoms with Gasteiger partial charge in [0.05, 0.1) is 0 Å². The second-order valence-electron chi connectivity index (χ2n) is 8.57. The molecule has 0 aromatic rings. The van der Waals surface area contributed by atoms with Crippen LogP contribution in [0.3, 0.4) is 0 Å². The van der Waals surface area contributed by atoms with Gasteiger partial charge >= 0.3 is 0 Å². The molecule has 0 N–H and O–H groups in total. The Morgan fingerprint density at radius 2 is 1.09 bits per heavy atom. The summed E-state index contributed by atoms with van der Waals surface area (Å²) in [6.07, 6.45) is 20.4. The third-order valence-electron chi connectivity index (χ3n) is 6.61. The predicted octanol–water partition coefficient (Wildman–Crippen LogP) is 7.00. The van der Waals surface area contributed by atoms with Gasteiger partial charge in [-0.1, -0.05) is 84.5 Å². The quantitative estimate of drug-likeness (QED) is 0.393. The Morgan fingerprint density at radius 1 is 0.609 bits per heavy atom. The first-order valence-electron chi connectivity index (χ1n) is 10.9. The van der Waals surface area contributed by atoms with Crippen LogP contribution in [-0.2, 0) is 4.74 Å². The monoisotopic (exact) mass is 322 g/mol. The van der Waals surface area contributed by atoms with Gasteiger partial charge in [0.25, 0.3) is 0 Å². The van der Waals surface area contributed by atoms with Gasteiger partial charge in [-0.05, 0) is 42.9 Å². The molecule has 0 aromatic carbocycles. The molecule has 2 aliphatic rings. The van der Waals surface area contributed by atoms with Crippen LogP contribution >= 0.6 is 0 Å². The van der Waals surface area contributed by atoms with Crippen molar-refractivity contribution in [2.75, 3.05) is 13.2 Å². The molecule has 0 aromatic heterocycles. The van der Waals surface area contributed by atoms with Gasteiger partial charge in [0, 0.05) is 13.2 Å². The van der Waals surface area contributed by atoms with Crippen molar-refractivity contribution in [3.8, 4) is 0 Å². The van der Waals surface area contributed by atoms with Gasteiger partial charge in [0.15, 0.2) is 0 Å². The van der Waals surface area contributed by atoms with Crippen molar-refractivity contribution in [2.24, 2.45) is 23.7 Å². The molecule has 2 aliphatic carbocycles. The zero-order valence-electron chi connectivity index (χ0n) is 16.0. The van der Waals surface area contributed by atoms with E-state index in [0.717, 1.165) is 36.9 Å².